The number of anilines is 1. The minimum atomic E-state index is -0.246. The molecule has 0 aliphatic heterocycles. The van der Waals surface area contributed by atoms with E-state index in [1.165, 1.54) is 24.2 Å². The molecule has 2 aromatic rings. The van der Waals surface area contributed by atoms with Crippen LogP contribution in [0.4, 0.5) is 5.69 Å². The van der Waals surface area contributed by atoms with E-state index in [2.05, 4.69) is 29.1 Å². The highest BCUT2D eigenvalue weighted by atomic mass is 16.1. The van der Waals surface area contributed by atoms with E-state index < -0.39 is 0 Å². The molecular weight excluding hydrogens is 238 g/mol. The highest BCUT2D eigenvalue weighted by molar-refractivity contribution is 6.02. The van der Waals surface area contributed by atoms with Gasteiger partial charge in [0.15, 0.2) is 0 Å². The molecule has 4 nitrogen and oxygen atoms in total. The summed E-state index contributed by atoms with van der Waals surface area (Å²) >= 11 is 0. The van der Waals surface area contributed by atoms with Crippen molar-refractivity contribution in [3.8, 4) is 0 Å². The normalized spacial score (nSPS) is 11.9. The van der Waals surface area contributed by atoms with Gasteiger partial charge in [-0.1, -0.05) is 26.0 Å². The average Bonchev–Trinajstić information content (AvgIpc) is 2.48. The molecule has 0 aliphatic carbocycles. The third-order valence-corrected chi connectivity index (χ3v) is 3.15. The van der Waals surface area contributed by atoms with Gasteiger partial charge in [-0.3, -0.25) is 9.78 Å². The predicted octanol–water partition coefficient (Wildman–Crippen LogP) is 3.24. The summed E-state index contributed by atoms with van der Waals surface area (Å²) in [6, 6.07) is 7.91. The lowest BCUT2D eigenvalue weighted by Crippen LogP contribution is -2.13. The van der Waals surface area contributed by atoms with Gasteiger partial charge >= 0.3 is 0 Å². The third-order valence-electron chi connectivity index (χ3n) is 3.15. The number of nitrogens with zero attached hydrogens (tertiary/aromatic N) is 2. The Hall–Kier alpha value is -2.23. The number of hydrogen-bond acceptors (Lipinski definition) is 3. The maximum Gasteiger partial charge on any atom is 0.275 e. The molecule has 1 N–H and O–H groups in total. The van der Waals surface area contributed by atoms with Gasteiger partial charge in [-0.25, -0.2) is 4.98 Å². The Labute approximate surface area is 112 Å². The lowest BCUT2D eigenvalue weighted by Gasteiger charge is -2.10. The quantitative estimate of drug-likeness (QED) is 0.912. The number of carbonyl (C=O) groups excluding carboxylic acids is 1. The number of benzene rings is 1. The zero-order valence-corrected chi connectivity index (χ0v) is 11.1. The predicted molar refractivity (Wildman–Crippen MR) is 75.1 cm³/mol. The van der Waals surface area contributed by atoms with Crippen LogP contribution in [0.25, 0.3) is 0 Å². The van der Waals surface area contributed by atoms with Crippen molar-refractivity contribution < 1.29 is 4.79 Å². The second kappa shape index (κ2) is 6.09. The molecule has 0 bridgehead atoms. The Bertz CT molecular complexity index is 537. The monoisotopic (exact) mass is 255 g/mol. The average molecular weight is 255 g/mol. The number of rotatable bonds is 4. The summed E-state index contributed by atoms with van der Waals surface area (Å²) in [6.07, 6.45) is 5.59. The van der Waals surface area contributed by atoms with Crippen LogP contribution >= 0.6 is 0 Å². The highest BCUT2D eigenvalue weighted by Crippen LogP contribution is 2.20. The molecule has 4 heteroatoms. The van der Waals surface area contributed by atoms with Gasteiger partial charge in [0.25, 0.3) is 5.91 Å². The molecule has 0 radical (unpaired) electrons. The van der Waals surface area contributed by atoms with E-state index in [9.17, 15) is 4.79 Å². The van der Waals surface area contributed by atoms with Gasteiger partial charge in [-0.15, -0.1) is 0 Å². The van der Waals surface area contributed by atoms with Crippen LogP contribution in [0.5, 0.6) is 0 Å². The zero-order valence-electron chi connectivity index (χ0n) is 11.1. The smallest absolute Gasteiger partial charge is 0.275 e. The van der Waals surface area contributed by atoms with Crippen molar-refractivity contribution in [2.24, 2.45) is 0 Å². The summed E-state index contributed by atoms with van der Waals surface area (Å²) < 4.78 is 0. The van der Waals surface area contributed by atoms with Crippen LogP contribution in [0.3, 0.4) is 0 Å². The summed E-state index contributed by atoms with van der Waals surface area (Å²) in [5.41, 5.74) is 2.36. The largest absolute Gasteiger partial charge is 0.321 e. The molecule has 2 rings (SSSR count). The Morgan fingerprint density at radius 3 is 2.58 bits per heavy atom. The zero-order chi connectivity index (χ0) is 13.7. The van der Waals surface area contributed by atoms with Gasteiger partial charge in [-0.2, -0.15) is 0 Å². The molecule has 1 amide bonds. The van der Waals surface area contributed by atoms with Crippen molar-refractivity contribution in [1.29, 1.82) is 0 Å². The van der Waals surface area contributed by atoms with E-state index in [0.717, 1.165) is 12.1 Å². The van der Waals surface area contributed by atoms with E-state index >= 15 is 0 Å². The van der Waals surface area contributed by atoms with E-state index in [1.807, 2.05) is 24.3 Å². The van der Waals surface area contributed by atoms with Crippen LogP contribution in [0.1, 0.15) is 42.2 Å². The van der Waals surface area contributed by atoms with Crippen molar-refractivity contribution in [3.63, 3.8) is 0 Å². The summed E-state index contributed by atoms with van der Waals surface area (Å²) in [6.45, 7) is 4.35. The summed E-state index contributed by atoms with van der Waals surface area (Å²) in [4.78, 5) is 19.7. The van der Waals surface area contributed by atoms with Gasteiger partial charge in [0.05, 0.1) is 6.20 Å². The summed E-state index contributed by atoms with van der Waals surface area (Å²) in [5.74, 6) is 0.286. The first-order valence-electron chi connectivity index (χ1n) is 6.38. The van der Waals surface area contributed by atoms with E-state index in [4.69, 9.17) is 0 Å². The fourth-order valence-electron chi connectivity index (χ4n) is 1.74. The van der Waals surface area contributed by atoms with Crippen molar-refractivity contribution in [2.75, 3.05) is 5.32 Å². The third kappa shape index (κ3) is 3.37. The van der Waals surface area contributed by atoms with Gasteiger partial charge in [0.1, 0.15) is 5.69 Å². The molecule has 0 unspecified atom stereocenters. The van der Waals surface area contributed by atoms with E-state index in [1.54, 1.807) is 0 Å². The number of nitrogens with one attached hydrogen (secondary N) is 1. The fraction of sp³-hybridized carbons (Fsp3) is 0.267. The second-order valence-electron chi connectivity index (χ2n) is 4.48. The van der Waals surface area contributed by atoms with Crippen LogP contribution in [0, 0.1) is 0 Å². The van der Waals surface area contributed by atoms with Gasteiger partial charge < -0.3 is 5.32 Å². The van der Waals surface area contributed by atoms with Crippen LogP contribution in [0.2, 0.25) is 0 Å². The molecule has 0 aliphatic rings. The summed E-state index contributed by atoms with van der Waals surface area (Å²) in [5, 5.41) is 2.80. The molecule has 1 atom stereocenters. The minimum absolute atomic E-state index is 0.246. The minimum Gasteiger partial charge on any atom is -0.321 e. The van der Waals surface area contributed by atoms with E-state index in [0.29, 0.717) is 11.6 Å². The maximum absolute atomic E-state index is 11.9. The van der Waals surface area contributed by atoms with Gasteiger partial charge in [0, 0.05) is 18.1 Å². The molecule has 98 valence electrons. The number of hydrogen-bond donors (Lipinski definition) is 1. The Balaban J connectivity index is 2.06. The lowest BCUT2D eigenvalue weighted by molar-refractivity contribution is 0.102. The molecular formula is C15H17N3O. The highest BCUT2D eigenvalue weighted by Gasteiger charge is 2.08. The molecule has 19 heavy (non-hydrogen) atoms. The van der Waals surface area contributed by atoms with Gasteiger partial charge in [-0.05, 0) is 30.0 Å². The topological polar surface area (TPSA) is 54.9 Å². The van der Waals surface area contributed by atoms with E-state index in [-0.39, 0.29) is 5.91 Å². The van der Waals surface area contributed by atoms with Gasteiger partial charge in [0.2, 0.25) is 0 Å². The van der Waals surface area contributed by atoms with Crippen molar-refractivity contribution in [1.82, 2.24) is 9.97 Å². The fourth-order valence-corrected chi connectivity index (χ4v) is 1.74. The SMILES string of the molecule is CC[C@H](C)c1ccc(NC(=O)c2cnccn2)cc1. The van der Waals surface area contributed by atoms with Crippen LogP contribution in [0.15, 0.2) is 42.9 Å². The van der Waals surface area contributed by atoms with Crippen LogP contribution in [-0.4, -0.2) is 15.9 Å². The number of aromatic nitrogens is 2. The molecule has 0 spiro atoms. The molecule has 1 aromatic heterocycles. The second-order valence-corrected chi connectivity index (χ2v) is 4.48. The molecule has 0 saturated heterocycles. The van der Waals surface area contributed by atoms with Crippen molar-refractivity contribution in [2.45, 2.75) is 26.2 Å². The Morgan fingerprint density at radius 2 is 2.00 bits per heavy atom. The maximum atomic E-state index is 11.9. The van der Waals surface area contributed by atoms with Crippen LogP contribution < -0.4 is 5.32 Å². The number of carbonyl (C=O) groups is 1. The first-order valence-corrected chi connectivity index (χ1v) is 6.38. The Kier molecular flexibility index (Phi) is 4.23. The molecule has 1 heterocycles. The molecule has 0 fully saturated rings. The Morgan fingerprint density at radius 1 is 1.26 bits per heavy atom. The summed E-state index contributed by atoms with van der Waals surface area (Å²) in [7, 11) is 0. The first kappa shape index (κ1) is 13.2. The molecule has 0 saturated carbocycles. The van der Waals surface area contributed by atoms with Crippen molar-refractivity contribution in [3.05, 3.63) is 54.1 Å². The standard InChI is InChI=1S/C15H17N3O/c1-3-11(2)12-4-6-13(7-5-12)18-15(19)14-10-16-8-9-17-14/h4-11H,3H2,1-2H3,(H,18,19)/t11-/m0/s1. The van der Waals surface area contributed by atoms with Crippen LogP contribution in [-0.2, 0) is 0 Å². The van der Waals surface area contributed by atoms with Crippen molar-refractivity contribution >= 4 is 11.6 Å². The number of amides is 1. The lowest BCUT2D eigenvalue weighted by atomic mass is 9.99. The first-order chi connectivity index (χ1) is 9.20. The molecule has 1 aromatic carbocycles.